The Hall–Kier alpha value is -3.02. The zero-order valence-electron chi connectivity index (χ0n) is 30.7. The van der Waals surface area contributed by atoms with Gasteiger partial charge in [-0.3, -0.25) is 0 Å². The van der Waals surface area contributed by atoms with Crippen LogP contribution in [-0.4, -0.2) is 0 Å². The Labute approximate surface area is 329 Å². The van der Waals surface area contributed by atoms with Gasteiger partial charge in [-0.25, -0.2) is 0 Å². The third kappa shape index (κ3) is 7.56. The minimum absolute atomic E-state index is 0.0629. The predicted octanol–water partition coefficient (Wildman–Crippen LogP) is 16.7. The van der Waals surface area contributed by atoms with Gasteiger partial charge in [0, 0.05) is 0 Å². The topological polar surface area (TPSA) is 0 Å². The molecule has 305 valence electrons. The second-order valence-corrected chi connectivity index (χ2v) is 37.2. The Morgan fingerprint density at radius 1 is 0.526 bits per heavy atom. The van der Waals surface area contributed by atoms with Crippen molar-refractivity contribution in [1.82, 2.24) is 0 Å². The van der Waals surface area contributed by atoms with E-state index in [1.165, 1.54) is 24.3 Å². The van der Waals surface area contributed by atoms with Crippen LogP contribution in [0.25, 0.3) is 34.4 Å². The molecule has 0 nitrogen and oxygen atoms in total. The molecule has 4 aromatic carbocycles. The van der Waals surface area contributed by atoms with Gasteiger partial charge in [-0.05, 0) is 0 Å². The number of hydrogen-bond acceptors (Lipinski definition) is 0. The van der Waals surface area contributed by atoms with E-state index >= 15 is 0 Å². The van der Waals surface area contributed by atoms with Crippen molar-refractivity contribution in [3.8, 4) is 22.3 Å². The van der Waals surface area contributed by atoms with Crippen molar-refractivity contribution in [1.29, 1.82) is 0 Å². The molecule has 2 aliphatic carbocycles. The molecular weight excluding hydrogens is 895 g/mol. The Balaban J connectivity index is 1.61. The van der Waals surface area contributed by atoms with Crippen LogP contribution < -0.4 is 0 Å². The Morgan fingerprint density at radius 3 is 1.11 bits per heavy atom. The number of hydrogen-bond donors (Lipinski definition) is 0. The first-order valence-electron chi connectivity index (χ1n) is 18.1. The number of halogens is 14. The Kier molecular flexibility index (Phi) is 11.2. The van der Waals surface area contributed by atoms with Gasteiger partial charge in [0.25, 0.3) is 0 Å². The van der Waals surface area contributed by atoms with Crippen molar-refractivity contribution in [3.63, 3.8) is 0 Å². The summed E-state index contributed by atoms with van der Waals surface area (Å²) in [5, 5.41) is 0. The molecule has 6 rings (SSSR count). The third-order valence-corrected chi connectivity index (χ3v) is 35.6. The average molecular weight is 930 g/mol. The second-order valence-electron chi connectivity index (χ2n) is 14.8. The van der Waals surface area contributed by atoms with E-state index in [4.69, 9.17) is 17.0 Å². The first-order valence-corrected chi connectivity index (χ1v) is 28.7. The molecule has 2 aliphatic rings. The normalized spacial score (nSPS) is 18.7. The number of alkyl halides is 12. The monoisotopic (exact) mass is 927 g/mol. The summed E-state index contributed by atoms with van der Waals surface area (Å²) in [6, 6.07) is 12.2. The van der Waals surface area contributed by atoms with Crippen molar-refractivity contribution in [3.05, 3.63) is 128 Å². The molecule has 57 heavy (non-hydrogen) atoms. The molecule has 0 bridgehead atoms. The van der Waals surface area contributed by atoms with E-state index in [2.05, 4.69) is 0 Å². The van der Waals surface area contributed by atoms with Crippen LogP contribution in [0.3, 0.4) is 0 Å². The van der Waals surface area contributed by atoms with Crippen LogP contribution in [0, 0.1) is 0 Å². The standard InChI is InChI=1S/2C19H13F6.C4H9.2ClH.Zr/c2*1-2-11-6-12-4-3-5-16(17(12)7-11)13-8-14(18(20,21)22)10-15(9-13)19(23,24)25;1-3-4-2;;;/h2*3-10H,2H2,1H3;3H,4H2,1-2H3;2*1H;/q;;;;;+2/p-2. The van der Waals surface area contributed by atoms with Crippen LogP contribution in [0.2, 0.25) is 3.63 Å². The number of allylic oxidation sites excluding steroid dienone is 2. The molecule has 0 saturated carbocycles. The molecule has 0 amide bonds. The fourth-order valence-corrected chi connectivity index (χ4v) is 31.2. The molecule has 0 aliphatic heterocycles. The molecule has 3 atom stereocenters. The molecule has 0 saturated heterocycles. The number of fused-ring (bicyclic) bond motifs is 2. The molecule has 0 heterocycles. The van der Waals surface area contributed by atoms with Crippen molar-refractivity contribution in [2.75, 3.05) is 0 Å². The fourth-order valence-electron chi connectivity index (χ4n) is 8.69. The van der Waals surface area contributed by atoms with Crippen LogP contribution >= 0.6 is 17.0 Å². The molecule has 0 spiro atoms. The average Bonchev–Trinajstić information content (AvgIpc) is 3.73. The van der Waals surface area contributed by atoms with Crippen molar-refractivity contribution >= 4 is 29.2 Å². The van der Waals surface area contributed by atoms with Crippen LogP contribution in [0.4, 0.5) is 52.7 Å². The van der Waals surface area contributed by atoms with Gasteiger partial charge in [0.2, 0.25) is 0 Å². The predicted molar refractivity (Wildman–Crippen MR) is 197 cm³/mol. The van der Waals surface area contributed by atoms with Gasteiger partial charge in [0.1, 0.15) is 0 Å². The van der Waals surface area contributed by atoms with E-state index in [0.717, 1.165) is 0 Å². The summed E-state index contributed by atoms with van der Waals surface area (Å²) in [6.45, 7) is 7.44. The van der Waals surface area contributed by atoms with Crippen LogP contribution in [0.1, 0.15) is 98.7 Å². The summed E-state index contributed by atoms with van der Waals surface area (Å²) in [7, 11) is 16.6. The third-order valence-electron chi connectivity index (χ3n) is 11.6. The van der Waals surface area contributed by atoms with Crippen molar-refractivity contribution in [2.24, 2.45) is 0 Å². The molecular formula is C42H35Cl2F12Zr. The second kappa shape index (κ2) is 14.6. The molecule has 0 fully saturated rings. The van der Waals surface area contributed by atoms with E-state index in [0.29, 0.717) is 76.9 Å². The summed E-state index contributed by atoms with van der Waals surface area (Å²) in [6.07, 6.45) is -15.7. The van der Waals surface area contributed by atoms with Crippen LogP contribution in [-0.2, 0) is 41.1 Å². The summed E-state index contributed by atoms with van der Waals surface area (Å²) in [4.78, 5) is 0. The molecule has 0 N–H and O–H groups in total. The van der Waals surface area contributed by atoms with Gasteiger partial charge in [-0.15, -0.1) is 0 Å². The Bertz CT molecular complexity index is 2080. The van der Waals surface area contributed by atoms with Crippen LogP contribution in [0.5, 0.6) is 0 Å². The fraction of sp³-hybridized carbons (Fsp3) is 0.333. The first kappa shape index (κ1) is 43.6. The SMILES string of the molecule is CCC1=Cc2c(-c3cc(C(F)(F)F)cc(C(F)(F)F)c3)cccc2[CH]1[Zr]([Cl])([Cl])([CH](C)CC)[CH]1C(CC)=Cc2c(-c3cc(C(F)(F)F)cc(C(F)(F)F)c3)cccc21. The molecule has 0 aromatic heterocycles. The summed E-state index contributed by atoms with van der Waals surface area (Å²) >= 11 is -5.83. The van der Waals surface area contributed by atoms with Gasteiger partial charge in [0.15, 0.2) is 0 Å². The molecule has 0 radical (unpaired) electrons. The van der Waals surface area contributed by atoms with Gasteiger partial charge < -0.3 is 0 Å². The van der Waals surface area contributed by atoms with E-state index < -0.39 is 74.2 Å². The van der Waals surface area contributed by atoms with Gasteiger partial charge in [-0.2, -0.15) is 0 Å². The zero-order valence-corrected chi connectivity index (χ0v) is 34.7. The first-order chi connectivity index (χ1) is 26.2. The Morgan fingerprint density at radius 2 is 0.842 bits per heavy atom. The van der Waals surface area contributed by atoms with E-state index in [-0.39, 0.29) is 34.4 Å². The van der Waals surface area contributed by atoms with Crippen molar-refractivity contribution in [2.45, 2.75) is 82.5 Å². The van der Waals surface area contributed by atoms with Crippen LogP contribution in [0.15, 0.2) is 83.9 Å². The van der Waals surface area contributed by atoms with Gasteiger partial charge >= 0.3 is 332 Å². The van der Waals surface area contributed by atoms with E-state index in [1.807, 2.05) is 27.7 Å². The molecule has 3 unspecified atom stereocenters. The maximum absolute atomic E-state index is 14.0. The van der Waals surface area contributed by atoms with Crippen molar-refractivity contribution < 1.29 is 69.1 Å². The zero-order chi connectivity index (χ0) is 42.3. The minimum atomic E-state index is -5.83. The molecule has 15 heteroatoms. The van der Waals surface area contributed by atoms with Gasteiger partial charge in [0.05, 0.1) is 0 Å². The summed E-state index contributed by atoms with van der Waals surface area (Å²) in [5.41, 5.74) is -3.09. The maximum atomic E-state index is 14.0. The summed E-state index contributed by atoms with van der Waals surface area (Å²) < 4.78 is 166. The quantitative estimate of drug-likeness (QED) is 0.155. The molecule has 4 aromatic rings. The van der Waals surface area contributed by atoms with E-state index in [1.54, 1.807) is 24.3 Å². The number of benzene rings is 4. The number of rotatable bonds is 8. The van der Waals surface area contributed by atoms with Gasteiger partial charge in [-0.1, -0.05) is 0 Å². The summed E-state index contributed by atoms with van der Waals surface area (Å²) in [5.74, 6) is 0. The van der Waals surface area contributed by atoms with E-state index in [9.17, 15) is 52.7 Å².